The van der Waals surface area contributed by atoms with Crippen molar-refractivity contribution in [3.63, 3.8) is 0 Å². The Morgan fingerprint density at radius 2 is 0.667 bits per heavy atom. The molecule has 0 atom stereocenters. The molecule has 0 radical (unpaired) electrons. The lowest BCUT2D eigenvalue weighted by Gasteiger charge is -2.01. The average Bonchev–Trinajstić information content (AvgIpc) is 2.92. The number of hydrogen-bond acceptors (Lipinski definition) is 0. The van der Waals surface area contributed by atoms with Gasteiger partial charge >= 0.3 is 0 Å². The normalized spacial score (nSPS) is 12.1. The Morgan fingerprint density at radius 1 is 0.389 bits per heavy atom. The minimum atomic E-state index is 1.19. The van der Waals surface area contributed by atoms with Crippen LogP contribution in [0.25, 0.3) is 24.3 Å². The molecule has 3 aromatic carbocycles. The molecule has 0 nitrogen and oxygen atoms in total. The summed E-state index contributed by atoms with van der Waals surface area (Å²) in [6.45, 7) is 4.50. The molecule has 0 aromatic heterocycles. The third-order valence-electron chi connectivity index (χ3n) is 6.41. The van der Waals surface area contributed by atoms with Crippen LogP contribution < -0.4 is 0 Å². The molecule has 0 bridgehead atoms. The first-order chi connectivity index (χ1) is 17.8. The molecular weight excluding hydrogens is 432 g/mol. The molecule has 36 heavy (non-hydrogen) atoms. The second kappa shape index (κ2) is 16.3. The molecule has 3 rings (SSSR count). The average molecular weight is 475 g/mol. The monoisotopic (exact) mass is 474 g/mol. The molecule has 0 spiro atoms. The van der Waals surface area contributed by atoms with Gasteiger partial charge in [-0.25, -0.2) is 0 Å². The maximum absolute atomic E-state index is 2.26. The fourth-order valence-corrected chi connectivity index (χ4v) is 4.13. The fraction of sp³-hybridized carbons (Fsp3) is 0.278. The van der Waals surface area contributed by atoms with E-state index >= 15 is 0 Å². The number of unbranched alkanes of at least 4 members (excludes halogenated alkanes) is 4. The van der Waals surface area contributed by atoms with Crippen LogP contribution in [0.5, 0.6) is 0 Å². The summed E-state index contributed by atoms with van der Waals surface area (Å²) in [6.07, 6.45) is 27.2. The smallest absolute Gasteiger partial charge is 0.0256 e. The van der Waals surface area contributed by atoms with Gasteiger partial charge in [-0.3, -0.25) is 0 Å². The lowest BCUT2D eigenvalue weighted by molar-refractivity contribution is 0.717. The van der Waals surface area contributed by atoms with E-state index in [2.05, 4.69) is 135 Å². The maximum Gasteiger partial charge on any atom is -0.0256 e. The number of allylic oxidation sites excluding steroid dienone is 4. The van der Waals surface area contributed by atoms with Gasteiger partial charge in [0, 0.05) is 0 Å². The van der Waals surface area contributed by atoms with Gasteiger partial charge in [0.25, 0.3) is 0 Å². The van der Waals surface area contributed by atoms with Crippen LogP contribution in [-0.2, 0) is 12.8 Å². The highest BCUT2D eigenvalue weighted by Crippen LogP contribution is 2.13. The van der Waals surface area contributed by atoms with E-state index in [1.54, 1.807) is 0 Å². The van der Waals surface area contributed by atoms with Gasteiger partial charge in [0.1, 0.15) is 0 Å². The van der Waals surface area contributed by atoms with Gasteiger partial charge in [-0.15, -0.1) is 0 Å². The Hall–Kier alpha value is -3.38. The maximum atomic E-state index is 2.26. The van der Waals surface area contributed by atoms with Crippen LogP contribution in [0.2, 0.25) is 0 Å². The van der Waals surface area contributed by atoms with Crippen LogP contribution in [0.3, 0.4) is 0 Å². The zero-order valence-electron chi connectivity index (χ0n) is 22.2. The van der Waals surface area contributed by atoms with Gasteiger partial charge in [0.05, 0.1) is 0 Å². The molecule has 0 aliphatic carbocycles. The summed E-state index contributed by atoms with van der Waals surface area (Å²) in [5, 5.41) is 0. The predicted octanol–water partition coefficient (Wildman–Crippen LogP) is 10.6. The van der Waals surface area contributed by atoms with Crippen LogP contribution in [0.4, 0.5) is 0 Å². The van der Waals surface area contributed by atoms with Gasteiger partial charge in [0.2, 0.25) is 0 Å². The van der Waals surface area contributed by atoms with Gasteiger partial charge < -0.3 is 0 Å². The summed E-state index contributed by atoms with van der Waals surface area (Å²) < 4.78 is 0. The Labute approximate surface area is 219 Å². The summed E-state index contributed by atoms with van der Waals surface area (Å²) in [7, 11) is 0. The lowest BCUT2D eigenvalue weighted by Crippen LogP contribution is -1.85. The van der Waals surface area contributed by atoms with Crippen molar-refractivity contribution >= 4 is 24.3 Å². The Balaban J connectivity index is 1.43. The van der Waals surface area contributed by atoms with E-state index < -0.39 is 0 Å². The van der Waals surface area contributed by atoms with Crippen LogP contribution in [-0.4, -0.2) is 0 Å². The fourth-order valence-electron chi connectivity index (χ4n) is 4.13. The summed E-state index contributed by atoms with van der Waals surface area (Å²) in [5.74, 6) is 0. The molecule has 0 heteroatoms. The van der Waals surface area contributed by atoms with E-state index in [0.717, 1.165) is 0 Å². The highest BCUT2D eigenvalue weighted by molar-refractivity contribution is 5.61. The van der Waals surface area contributed by atoms with Crippen LogP contribution in [0.15, 0.2) is 97.1 Å². The number of hydrogen-bond donors (Lipinski definition) is 0. The van der Waals surface area contributed by atoms with Crippen molar-refractivity contribution in [2.75, 3.05) is 0 Å². The predicted molar refractivity (Wildman–Crippen MR) is 162 cm³/mol. The molecule has 0 fully saturated rings. The SMILES string of the molecule is CCCCCc1ccc(C=CC=Cc2ccc(C=CC=Cc3ccc(CCCCC)cc3)cc2)cc1. The zero-order chi connectivity index (χ0) is 25.3. The Kier molecular flexibility index (Phi) is 12.3. The largest absolute Gasteiger partial charge is 0.0654 e. The van der Waals surface area contributed by atoms with Crippen molar-refractivity contribution in [3.05, 3.63) is 130 Å². The minimum Gasteiger partial charge on any atom is -0.0654 e. The Morgan fingerprint density at radius 3 is 0.944 bits per heavy atom. The topological polar surface area (TPSA) is 0 Å². The van der Waals surface area contributed by atoms with Crippen LogP contribution in [0, 0.1) is 0 Å². The van der Waals surface area contributed by atoms with Crippen molar-refractivity contribution in [1.29, 1.82) is 0 Å². The van der Waals surface area contributed by atoms with E-state index in [4.69, 9.17) is 0 Å². The van der Waals surface area contributed by atoms with Crippen molar-refractivity contribution < 1.29 is 0 Å². The summed E-state index contributed by atoms with van der Waals surface area (Å²) in [6, 6.07) is 26.5. The molecule has 0 N–H and O–H groups in total. The molecule has 0 saturated heterocycles. The van der Waals surface area contributed by atoms with Crippen LogP contribution in [0.1, 0.15) is 85.8 Å². The molecule has 0 unspecified atom stereocenters. The molecular formula is C36H42. The van der Waals surface area contributed by atoms with Crippen molar-refractivity contribution in [2.45, 2.75) is 65.2 Å². The standard InChI is InChI=1S/C36H42/c1-3-5-7-13-31-19-23-33(24-20-31)15-9-11-17-35-27-29-36(30-28-35)18-12-10-16-34-25-21-32(22-26-34)14-8-6-4-2/h9-12,15-30H,3-8,13-14H2,1-2H3. The third kappa shape index (κ3) is 10.5. The van der Waals surface area contributed by atoms with Crippen molar-refractivity contribution in [2.24, 2.45) is 0 Å². The molecule has 0 heterocycles. The first-order valence-electron chi connectivity index (χ1n) is 13.7. The van der Waals surface area contributed by atoms with E-state index in [0.29, 0.717) is 0 Å². The quantitative estimate of drug-likeness (QED) is 0.161. The molecule has 0 aliphatic rings. The van der Waals surface area contributed by atoms with E-state index in [1.807, 2.05) is 0 Å². The minimum absolute atomic E-state index is 1.19. The van der Waals surface area contributed by atoms with Gasteiger partial charge in [-0.05, 0) is 59.1 Å². The first-order valence-corrected chi connectivity index (χ1v) is 13.7. The highest BCUT2D eigenvalue weighted by atomic mass is 14.0. The van der Waals surface area contributed by atoms with Crippen molar-refractivity contribution in [1.82, 2.24) is 0 Å². The van der Waals surface area contributed by atoms with Gasteiger partial charge in [0.15, 0.2) is 0 Å². The molecule has 186 valence electrons. The second-order valence-corrected chi connectivity index (χ2v) is 9.50. The number of rotatable bonds is 14. The lowest BCUT2D eigenvalue weighted by atomic mass is 10.1. The second-order valence-electron chi connectivity index (χ2n) is 9.50. The molecule has 3 aromatic rings. The van der Waals surface area contributed by atoms with Crippen molar-refractivity contribution in [3.8, 4) is 0 Å². The van der Waals surface area contributed by atoms with E-state index in [9.17, 15) is 0 Å². The van der Waals surface area contributed by atoms with Gasteiger partial charge in [-0.1, -0.05) is 161 Å². The summed E-state index contributed by atoms with van der Waals surface area (Å²) in [4.78, 5) is 0. The Bertz CT molecular complexity index is 1010. The number of benzene rings is 3. The van der Waals surface area contributed by atoms with Crippen LogP contribution >= 0.6 is 0 Å². The summed E-state index contributed by atoms with van der Waals surface area (Å²) >= 11 is 0. The molecule has 0 aliphatic heterocycles. The highest BCUT2D eigenvalue weighted by Gasteiger charge is 1.94. The van der Waals surface area contributed by atoms with E-state index in [-0.39, 0.29) is 0 Å². The third-order valence-corrected chi connectivity index (χ3v) is 6.41. The number of aryl methyl sites for hydroxylation is 2. The molecule has 0 amide bonds. The van der Waals surface area contributed by atoms with Gasteiger partial charge in [-0.2, -0.15) is 0 Å². The molecule has 0 saturated carbocycles. The summed E-state index contributed by atoms with van der Waals surface area (Å²) in [5.41, 5.74) is 7.78. The first kappa shape index (κ1) is 27.2. The van der Waals surface area contributed by atoms with E-state index in [1.165, 1.54) is 84.7 Å². The zero-order valence-corrected chi connectivity index (χ0v) is 22.2.